The fraction of sp³-hybridized carbons (Fsp3) is 0.733. The highest BCUT2D eigenvalue weighted by Crippen LogP contribution is 2.62. The first-order valence-corrected chi connectivity index (χ1v) is 7.06. The van der Waals surface area contributed by atoms with Gasteiger partial charge in [0, 0.05) is 16.5 Å². The minimum absolute atomic E-state index is 0.0176. The van der Waals surface area contributed by atoms with Crippen LogP contribution in [0.3, 0.4) is 0 Å². The Morgan fingerprint density at radius 2 is 1.89 bits per heavy atom. The Hall–Kier alpha value is -1.06. The topological polar surface area (TPSA) is 25.8 Å². The summed E-state index contributed by atoms with van der Waals surface area (Å²) in [4.78, 5) is 8.58. The van der Waals surface area contributed by atoms with Crippen molar-refractivity contribution in [2.24, 2.45) is 11.3 Å². The van der Waals surface area contributed by atoms with Crippen LogP contribution >= 0.6 is 0 Å². The van der Waals surface area contributed by atoms with E-state index < -0.39 is 11.8 Å². The second kappa shape index (κ2) is 4.22. The molecule has 1 aromatic rings. The van der Waals surface area contributed by atoms with Gasteiger partial charge in [-0.1, -0.05) is 6.92 Å². The summed E-state index contributed by atoms with van der Waals surface area (Å²) in [6.45, 7) is 3.95. The Labute approximate surface area is 112 Å². The molecule has 3 saturated carbocycles. The molecule has 3 fully saturated rings. The Kier molecular flexibility index (Phi) is 2.88. The van der Waals surface area contributed by atoms with Gasteiger partial charge in [-0.3, -0.25) is 0 Å². The number of hydrogen-bond donors (Lipinski definition) is 0. The molecule has 1 heterocycles. The zero-order valence-electron chi connectivity index (χ0n) is 11.5. The number of nitrogens with zero attached hydrogens (tertiary/aromatic N) is 2. The third kappa shape index (κ3) is 1.79. The normalized spacial score (nSPS) is 37.8. The van der Waals surface area contributed by atoms with Crippen LogP contribution in [0.15, 0.2) is 12.4 Å². The highest BCUT2D eigenvalue weighted by atomic mass is 19.3. The molecule has 19 heavy (non-hydrogen) atoms. The molecule has 2 bridgehead atoms. The van der Waals surface area contributed by atoms with Gasteiger partial charge in [-0.05, 0) is 51.0 Å². The highest BCUT2D eigenvalue weighted by molar-refractivity contribution is 5.23. The molecule has 0 amide bonds. The monoisotopic (exact) mass is 266 g/mol. The predicted molar refractivity (Wildman–Crippen MR) is 69.1 cm³/mol. The predicted octanol–water partition coefficient (Wildman–Crippen LogP) is 3.89. The number of hydrogen-bond acceptors (Lipinski definition) is 2. The van der Waals surface area contributed by atoms with Crippen molar-refractivity contribution in [2.45, 2.75) is 57.8 Å². The first-order chi connectivity index (χ1) is 8.98. The number of aromatic nitrogens is 2. The SMILES string of the molecule is Cc1cc(C23CCC(C(F)F)(CC2)[C@H](C)C3)ncn1. The fourth-order valence-corrected chi connectivity index (χ4v) is 4.22. The minimum Gasteiger partial charge on any atom is -0.242 e. The van der Waals surface area contributed by atoms with E-state index in [2.05, 4.69) is 9.97 Å². The minimum atomic E-state index is -2.19. The third-order valence-electron chi connectivity index (χ3n) is 5.60. The molecule has 0 unspecified atom stereocenters. The summed E-state index contributed by atoms with van der Waals surface area (Å²) in [5.74, 6) is 0.0743. The number of alkyl halides is 2. The molecule has 3 aliphatic rings. The van der Waals surface area contributed by atoms with E-state index in [1.807, 2.05) is 19.9 Å². The van der Waals surface area contributed by atoms with Gasteiger partial charge >= 0.3 is 0 Å². The molecule has 0 radical (unpaired) electrons. The first-order valence-electron chi connectivity index (χ1n) is 7.06. The van der Waals surface area contributed by atoms with Gasteiger partial charge in [0.1, 0.15) is 6.33 Å². The van der Waals surface area contributed by atoms with Crippen molar-refractivity contribution >= 4 is 0 Å². The molecule has 4 heteroatoms. The first kappa shape index (κ1) is 12.9. The van der Waals surface area contributed by atoms with Gasteiger partial charge in [-0.25, -0.2) is 18.7 Å². The van der Waals surface area contributed by atoms with Crippen molar-refractivity contribution in [3.63, 3.8) is 0 Å². The maximum atomic E-state index is 13.4. The number of halogens is 2. The van der Waals surface area contributed by atoms with Crippen LogP contribution in [0, 0.1) is 18.3 Å². The van der Waals surface area contributed by atoms with E-state index >= 15 is 0 Å². The van der Waals surface area contributed by atoms with Gasteiger partial charge in [0.05, 0.1) is 5.69 Å². The number of aryl methyl sites for hydroxylation is 1. The van der Waals surface area contributed by atoms with Crippen molar-refractivity contribution < 1.29 is 8.78 Å². The van der Waals surface area contributed by atoms with Crippen molar-refractivity contribution in [3.05, 3.63) is 23.8 Å². The van der Waals surface area contributed by atoms with Crippen molar-refractivity contribution in [1.82, 2.24) is 9.97 Å². The Morgan fingerprint density at radius 3 is 2.42 bits per heavy atom. The summed E-state index contributed by atoms with van der Waals surface area (Å²) >= 11 is 0. The molecule has 0 aromatic carbocycles. The van der Waals surface area contributed by atoms with Crippen LogP contribution in [0.5, 0.6) is 0 Å². The molecular weight excluding hydrogens is 246 g/mol. The average molecular weight is 266 g/mol. The summed E-state index contributed by atoms with van der Waals surface area (Å²) in [5.41, 5.74) is 1.31. The van der Waals surface area contributed by atoms with Crippen LogP contribution in [-0.2, 0) is 5.41 Å². The van der Waals surface area contributed by atoms with E-state index in [1.165, 1.54) is 0 Å². The van der Waals surface area contributed by atoms with Crippen LogP contribution in [0.1, 0.15) is 50.4 Å². The molecule has 0 N–H and O–H groups in total. The summed E-state index contributed by atoms with van der Waals surface area (Å²) in [7, 11) is 0. The van der Waals surface area contributed by atoms with Gasteiger partial charge < -0.3 is 0 Å². The summed E-state index contributed by atoms with van der Waals surface area (Å²) < 4.78 is 26.8. The molecule has 2 nitrogen and oxygen atoms in total. The Bertz CT molecular complexity index is 479. The van der Waals surface area contributed by atoms with E-state index in [9.17, 15) is 8.78 Å². The lowest BCUT2D eigenvalue weighted by Crippen LogP contribution is -2.52. The molecule has 3 aliphatic carbocycles. The maximum Gasteiger partial charge on any atom is 0.244 e. The van der Waals surface area contributed by atoms with E-state index in [-0.39, 0.29) is 11.3 Å². The van der Waals surface area contributed by atoms with Gasteiger partial charge in [0.2, 0.25) is 6.43 Å². The van der Waals surface area contributed by atoms with E-state index in [0.29, 0.717) is 12.8 Å². The third-order valence-corrected chi connectivity index (χ3v) is 5.60. The van der Waals surface area contributed by atoms with Crippen molar-refractivity contribution in [1.29, 1.82) is 0 Å². The molecule has 0 saturated heterocycles. The zero-order valence-corrected chi connectivity index (χ0v) is 11.5. The quantitative estimate of drug-likeness (QED) is 0.811. The van der Waals surface area contributed by atoms with E-state index in [1.54, 1.807) is 6.33 Å². The van der Waals surface area contributed by atoms with Crippen molar-refractivity contribution in [2.75, 3.05) is 0 Å². The lowest BCUT2D eigenvalue weighted by molar-refractivity contribution is -0.122. The van der Waals surface area contributed by atoms with E-state index in [0.717, 1.165) is 30.7 Å². The van der Waals surface area contributed by atoms with Gasteiger partial charge in [-0.15, -0.1) is 0 Å². The maximum absolute atomic E-state index is 13.4. The van der Waals surface area contributed by atoms with Crippen LogP contribution < -0.4 is 0 Å². The van der Waals surface area contributed by atoms with Gasteiger partial charge in [-0.2, -0.15) is 0 Å². The molecule has 1 atom stereocenters. The van der Waals surface area contributed by atoms with Crippen LogP contribution in [-0.4, -0.2) is 16.4 Å². The summed E-state index contributed by atoms with van der Waals surface area (Å²) in [5, 5.41) is 0. The zero-order chi connectivity index (χ0) is 13.7. The van der Waals surface area contributed by atoms with Crippen molar-refractivity contribution in [3.8, 4) is 0 Å². The van der Waals surface area contributed by atoms with E-state index in [4.69, 9.17) is 0 Å². The molecular formula is C15H20F2N2. The fourth-order valence-electron chi connectivity index (χ4n) is 4.22. The lowest BCUT2D eigenvalue weighted by atomic mass is 9.49. The molecule has 0 spiro atoms. The van der Waals surface area contributed by atoms with Gasteiger partial charge in [0.15, 0.2) is 0 Å². The lowest BCUT2D eigenvalue weighted by Gasteiger charge is -2.56. The number of fused-ring (bicyclic) bond motifs is 3. The second-order valence-corrected chi connectivity index (χ2v) is 6.46. The van der Waals surface area contributed by atoms with Gasteiger partial charge in [0.25, 0.3) is 0 Å². The summed E-state index contributed by atoms with van der Waals surface area (Å²) in [6.07, 6.45) is 3.22. The average Bonchev–Trinajstić information content (AvgIpc) is 2.39. The van der Waals surface area contributed by atoms with Crippen LogP contribution in [0.25, 0.3) is 0 Å². The second-order valence-electron chi connectivity index (χ2n) is 6.46. The Morgan fingerprint density at radius 1 is 1.21 bits per heavy atom. The number of rotatable bonds is 2. The highest BCUT2D eigenvalue weighted by Gasteiger charge is 2.57. The largest absolute Gasteiger partial charge is 0.244 e. The molecule has 4 rings (SSSR count). The molecule has 0 aliphatic heterocycles. The molecule has 104 valence electrons. The van der Waals surface area contributed by atoms with Crippen LogP contribution in [0.4, 0.5) is 8.78 Å². The standard InChI is InChI=1S/C15H20F2N2/c1-10-8-14(12-7-11(2)18-9-19-12)3-5-15(10,6-4-14)13(16)17/h7,9-10,13H,3-6,8H2,1-2H3/t10-,14?,15?/m1/s1. The summed E-state index contributed by atoms with van der Waals surface area (Å²) in [6, 6.07) is 2.04. The van der Waals surface area contributed by atoms with Crippen LogP contribution in [0.2, 0.25) is 0 Å². The smallest absolute Gasteiger partial charge is 0.242 e. The molecule has 1 aromatic heterocycles. The Balaban J connectivity index is 1.94.